The van der Waals surface area contributed by atoms with E-state index in [4.69, 9.17) is 9.47 Å². The summed E-state index contributed by atoms with van der Waals surface area (Å²) in [7, 11) is 0. The number of carbonyl (C=O) groups excluding carboxylic acids is 1. The lowest BCUT2D eigenvalue weighted by atomic mass is 10.1. The number of amides is 1. The minimum atomic E-state index is -0.288. The fraction of sp³-hybridized carbons (Fsp3) is 0.500. The first-order chi connectivity index (χ1) is 12.2. The first kappa shape index (κ1) is 16.1. The van der Waals surface area contributed by atoms with Crippen LogP contribution in [0.25, 0.3) is 0 Å². The van der Waals surface area contributed by atoms with Gasteiger partial charge in [0.05, 0.1) is 19.8 Å². The van der Waals surface area contributed by atoms with Crippen LogP contribution in [-0.4, -0.2) is 52.3 Å². The Labute approximate surface area is 146 Å². The standard InChI is InChI=1S/C18H22N4O3/c1-12-19-17(21-20-12)16-10-22(8-9-24-16)18(23)14-4-6-15(7-5-14)25-11-13-2-3-13/h4-7,13,16H,2-3,8-11H2,1H3,(H,19,20,21)/t16-/m0/s1. The summed E-state index contributed by atoms with van der Waals surface area (Å²) in [6, 6.07) is 7.39. The molecular weight excluding hydrogens is 320 g/mol. The van der Waals surface area contributed by atoms with Gasteiger partial charge in [-0.1, -0.05) is 0 Å². The van der Waals surface area contributed by atoms with Crippen LogP contribution >= 0.6 is 0 Å². The molecule has 1 saturated carbocycles. The lowest BCUT2D eigenvalue weighted by Crippen LogP contribution is -2.42. The smallest absolute Gasteiger partial charge is 0.254 e. The molecule has 1 aromatic heterocycles. The van der Waals surface area contributed by atoms with Gasteiger partial charge in [0.25, 0.3) is 5.91 Å². The molecule has 1 aliphatic carbocycles. The molecule has 1 aliphatic heterocycles. The van der Waals surface area contributed by atoms with Crippen molar-refractivity contribution in [3.05, 3.63) is 41.5 Å². The summed E-state index contributed by atoms with van der Waals surface area (Å²) in [6.45, 7) is 4.12. The van der Waals surface area contributed by atoms with Gasteiger partial charge in [-0.2, -0.15) is 5.10 Å². The highest BCUT2D eigenvalue weighted by molar-refractivity contribution is 5.94. The van der Waals surface area contributed by atoms with Crippen LogP contribution in [-0.2, 0) is 4.74 Å². The number of H-pyrrole nitrogens is 1. The highest BCUT2D eigenvalue weighted by atomic mass is 16.5. The Balaban J connectivity index is 1.39. The molecule has 1 atom stereocenters. The van der Waals surface area contributed by atoms with Crippen LogP contribution in [0.4, 0.5) is 0 Å². The third-order valence-corrected chi connectivity index (χ3v) is 4.54. The Bertz CT molecular complexity index is 739. The monoisotopic (exact) mass is 342 g/mol. The van der Waals surface area contributed by atoms with Crippen molar-refractivity contribution in [2.75, 3.05) is 26.3 Å². The Hall–Kier alpha value is -2.41. The number of ether oxygens (including phenoxy) is 2. The van der Waals surface area contributed by atoms with Gasteiger partial charge in [0, 0.05) is 12.1 Å². The second-order valence-corrected chi connectivity index (χ2v) is 6.67. The Morgan fingerprint density at radius 2 is 2.16 bits per heavy atom. The number of nitrogens with zero attached hydrogens (tertiary/aromatic N) is 3. The maximum atomic E-state index is 12.8. The highest BCUT2D eigenvalue weighted by Crippen LogP contribution is 2.29. The first-order valence-electron chi connectivity index (χ1n) is 8.71. The van der Waals surface area contributed by atoms with Crippen LogP contribution in [0.1, 0.15) is 41.0 Å². The molecule has 1 amide bonds. The minimum absolute atomic E-state index is 0.00528. The summed E-state index contributed by atoms with van der Waals surface area (Å²) in [4.78, 5) is 18.8. The zero-order valence-corrected chi connectivity index (χ0v) is 14.3. The van der Waals surface area contributed by atoms with E-state index in [-0.39, 0.29) is 12.0 Å². The molecular formula is C18H22N4O3. The van der Waals surface area contributed by atoms with Gasteiger partial charge < -0.3 is 14.4 Å². The molecule has 1 aromatic carbocycles. The van der Waals surface area contributed by atoms with Gasteiger partial charge in [-0.25, -0.2) is 4.98 Å². The Kier molecular flexibility index (Phi) is 4.40. The van der Waals surface area contributed by atoms with Crippen molar-refractivity contribution < 1.29 is 14.3 Å². The summed E-state index contributed by atoms with van der Waals surface area (Å²) in [5.74, 6) is 2.86. The largest absolute Gasteiger partial charge is 0.493 e. The highest BCUT2D eigenvalue weighted by Gasteiger charge is 2.28. The number of hydrogen-bond donors (Lipinski definition) is 1. The normalized spacial score (nSPS) is 20.5. The van der Waals surface area contributed by atoms with Gasteiger partial charge in [0.2, 0.25) is 0 Å². The van der Waals surface area contributed by atoms with Gasteiger partial charge in [-0.3, -0.25) is 9.89 Å². The molecule has 1 saturated heterocycles. The van der Waals surface area contributed by atoms with E-state index in [9.17, 15) is 4.79 Å². The van der Waals surface area contributed by atoms with Gasteiger partial charge >= 0.3 is 0 Å². The number of hydrogen-bond acceptors (Lipinski definition) is 5. The number of nitrogens with one attached hydrogen (secondary N) is 1. The predicted molar refractivity (Wildman–Crippen MR) is 90.4 cm³/mol. The van der Waals surface area contributed by atoms with Crippen molar-refractivity contribution in [3.8, 4) is 5.75 Å². The molecule has 7 heteroatoms. The summed E-state index contributed by atoms with van der Waals surface area (Å²) >= 11 is 0. The molecule has 0 unspecified atom stereocenters. The summed E-state index contributed by atoms with van der Waals surface area (Å²) in [5, 5.41) is 6.96. The van der Waals surface area contributed by atoms with E-state index in [2.05, 4.69) is 15.2 Å². The first-order valence-corrected chi connectivity index (χ1v) is 8.71. The van der Waals surface area contributed by atoms with Crippen molar-refractivity contribution in [1.29, 1.82) is 0 Å². The fourth-order valence-electron chi connectivity index (χ4n) is 2.87. The third-order valence-electron chi connectivity index (χ3n) is 4.54. The molecule has 4 rings (SSSR count). The molecule has 25 heavy (non-hydrogen) atoms. The molecule has 132 valence electrons. The van der Waals surface area contributed by atoms with E-state index in [0.29, 0.717) is 37.0 Å². The zero-order chi connectivity index (χ0) is 17.2. The van der Waals surface area contributed by atoms with Crippen molar-refractivity contribution >= 4 is 5.91 Å². The van der Waals surface area contributed by atoms with Gasteiger partial charge in [-0.15, -0.1) is 0 Å². The molecule has 2 aromatic rings. The molecule has 2 fully saturated rings. The number of aromatic nitrogens is 3. The third kappa shape index (κ3) is 3.82. The van der Waals surface area contributed by atoms with Crippen molar-refractivity contribution in [3.63, 3.8) is 0 Å². The number of rotatable bonds is 5. The average Bonchev–Trinajstić information content (AvgIpc) is 3.39. The van der Waals surface area contributed by atoms with Crippen molar-refractivity contribution in [1.82, 2.24) is 20.1 Å². The van der Waals surface area contributed by atoms with Crippen LogP contribution in [0, 0.1) is 12.8 Å². The van der Waals surface area contributed by atoms with Gasteiger partial charge in [0.1, 0.15) is 17.7 Å². The van der Waals surface area contributed by atoms with Crippen molar-refractivity contribution in [2.45, 2.75) is 25.9 Å². The summed E-state index contributed by atoms with van der Waals surface area (Å²) < 4.78 is 11.4. The lowest BCUT2D eigenvalue weighted by Gasteiger charge is -2.31. The van der Waals surface area contributed by atoms with Crippen LogP contribution < -0.4 is 4.74 Å². The van der Waals surface area contributed by atoms with Gasteiger partial charge in [-0.05, 0) is 49.9 Å². The Morgan fingerprint density at radius 1 is 1.36 bits per heavy atom. The molecule has 0 bridgehead atoms. The van der Waals surface area contributed by atoms with Crippen LogP contribution in [0.5, 0.6) is 5.75 Å². The van der Waals surface area contributed by atoms with E-state index in [1.807, 2.05) is 31.2 Å². The molecule has 7 nitrogen and oxygen atoms in total. The summed E-state index contributed by atoms with van der Waals surface area (Å²) in [6.07, 6.45) is 2.24. The molecule has 2 aliphatic rings. The van der Waals surface area contributed by atoms with E-state index in [1.54, 1.807) is 4.90 Å². The van der Waals surface area contributed by atoms with Crippen molar-refractivity contribution in [2.24, 2.45) is 5.92 Å². The molecule has 0 radical (unpaired) electrons. The topological polar surface area (TPSA) is 80.3 Å². The molecule has 1 N–H and O–H groups in total. The maximum Gasteiger partial charge on any atom is 0.254 e. The minimum Gasteiger partial charge on any atom is -0.493 e. The van der Waals surface area contributed by atoms with Gasteiger partial charge in [0.15, 0.2) is 5.82 Å². The second-order valence-electron chi connectivity index (χ2n) is 6.67. The number of morpholine rings is 1. The van der Waals surface area contributed by atoms with Crippen LogP contribution in [0.2, 0.25) is 0 Å². The average molecular weight is 342 g/mol. The summed E-state index contributed by atoms with van der Waals surface area (Å²) in [5.41, 5.74) is 0.658. The van der Waals surface area contributed by atoms with E-state index in [0.717, 1.165) is 18.2 Å². The van der Waals surface area contributed by atoms with Crippen LogP contribution in [0.3, 0.4) is 0 Å². The predicted octanol–water partition coefficient (Wildman–Crippen LogP) is 2.12. The fourth-order valence-corrected chi connectivity index (χ4v) is 2.87. The maximum absolute atomic E-state index is 12.8. The van der Waals surface area contributed by atoms with E-state index in [1.165, 1.54) is 12.8 Å². The zero-order valence-electron chi connectivity index (χ0n) is 14.3. The second kappa shape index (κ2) is 6.84. The number of benzene rings is 1. The lowest BCUT2D eigenvalue weighted by molar-refractivity contribution is -0.0266. The van der Waals surface area contributed by atoms with E-state index < -0.39 is 0 Å². The number of aryl methyl sites for hydroxylation is 1. The molecule has 2 heterocycles. The molecule has 0 spiro atoms. The van der Waals surface area contributed by atoms with E-state index >= 15 is 0 Å². The SMILES string of the molecule is Cc1nc([C@@H]2CN(C(=O)c3ccc(OCC4CC4)cc3)CCO2)n[nH]1. The number of carbonyl (C=O) groups is 1. The quantitative estimate of drug-likeness (QED) is 0.900. The Morgan fingerprint density at radius 3 is 2.84 bits per heavy atom. The van der Waals surface area contributed by atoms with Crippen LogP contribution in [0.15, 0.2) is 24.3 Å². The number of aromatic amines is 1.